The number of rotatable bonds is 6. The maximum atomic E-state index is 7.23. The highest BCUT2D eigenvalue weighted by molar-refractivity contribution is 7.10. The quantitative estimate of drug-likeness (QED) is 0.326. The van der Waals surface area contributed by atoms with E-state index in [0.717, 1.165) is 31.1 Å². The van der Waals surface area contributed by atoms with E-state index in [2.05, 4.69) is 113 Å². The molecular weight excluding hydrogens is 472 g/mol. The van der Waals surface area contributed by atoms with Crippen molar-refractivity contribution < 1.29 is 9.47 Å². The summed E-state index contributed by atoms with van der Waals surface area (Å²) in [4.78, 5) is 0. The second kappa shape index (κ2) is 11.4. The Balaban J connectivity index is 2.27. The standard InChI is InChI=1S/C29H39ClO2Si2/c1-29(2,3)34(24-15-9-7-10-16-24,25-17-11-8-12-18-25)27(20-22-33(4,5)6)26(30)23-32-28-19-13-14-21-31-28/h7-12,15-18,28H,13-14,19,21,23H2,1-6H3/b27-26+. The molecule has 1 fully saturated rings. The topological polar surface area (TPSA) is 18.5 Å². The van der Waals surface area contributed by atoms with E-state index in [4.69, 9.17) is 21.1 Å². The van der Waals surface area contributed by atoms with Gasteiger partial charge in [0.25, 0.3) is 0 Å². The van der Waals surface area contributed by atoms with Crippen LogP contribution in [0.2, 0.25) is 24.7 Å². The minimum absolute atomic E-state index is 0.0827. The van der Waals surface area contributed by atoms with Gasteiger partial charge in [0.2, 0.25) is 0 Å². The lowest BCUT2D eigenvalue weighted by Crippen LogP contribution is -2.66. The van der Waals surface area contributed by atoms with Gasteiger partial charge in [0.1, 0.15) is 8.07 Å². The number of halogens is 1. The Kier molecular flexibility index (Phi) is 9.06. The molecule has 0 aromatic heterocycles. The van der Waals surface area contributed by atoms with Crippen molar-refractivity contribution in [3.63, 3.8) is 0 Å². The zero-order valence-electron chi connectivity index (χ0n) is 21.6. The molecule has 2 aromatic carbocycles. The molecule has 1 unspecified atom stereocenters. The van der Waals surface area contributed by atoms with Crippen molar-refractivity contribution in [1.29, 1.82) is 0 Å². The average Bonchev–Trinajstić information content (AvgIpc) is 2.80. The first kappa shape index (κ1) is 27.0. The molecule has 0 amide bonds. The predicted molar refractivity (Wildman–Crippen MR) is 151 cm³/mol. The number of allylic oxidation sites excluding steroid dienone is 1. The van der Waals surface area contributed by atoms with E-state index in [1.54, 1.807) is 0 Å². The van der Waals surface area contributed by atoms with E-state index in [9.17, 15) is 0 Å². The highest BCUT2D eigenvalue weighted by Crippen LogP contribution is 2.42. The van der Waals surface area contributed by atoms with Crippen molar-refractivity contribution in [2.45, 2.75) is 71.0 Å². The average molecular weight is 511 g/mol. The monoisotopic (exact) mass is 510 g/mol. The highest BCUT2D eigenvalue weighted by atomic mass is 35.5. The van der Waals surface area contributed by atoms with Gasteiger partial charge in [-0.3, -0.25) is 0 Å². The summed E-state index contributed by atoms with van der Waals surface area (Å²) in [6.07, 6.45) is 2.95. The van der Waals surface area contributed by atoms with E-state index >= 15 is 0 Å². The van der Waals surface area contributed by atoms with Crippen LogP contribution in [-0.2, 0) is 9.47 Å². The summed E-state index contributed by atoms with van der Waals surface area (Å²) in [6, 6.07) is 21.7. The van der Waals surface area contributed by atoms with E-state index < -0.39 is 16.1 Å². The van der Waals surface area contributed by atoms with Gasteiger partial charge < -0.3 is 9.47 Å². The summed E-state index contributed by atoms with van der Waals surface area (Å²) in [5.41, 5.74) is 3.65. The maximum absolute atomic E-state index is 7.23. The van der Waals surface area contributed by atoms with Gasteiger partial charge in [0, 0.05) is 11.8 Å². The zero-order valence-corrected chi connectivity index (χ0v) is 24.3. The summed E-state index contributed by atoms with van der Waals surface area (Å²) in [5, 5.41) is 4.34. The highest BCUT2D eigenvalue weighted by Gasteiger charge is 2.51. The summed E-state index contributed by atoms with van der Waals surface area (Å²) in [6.45, 7) is 14.9. The van der Waals surface area contributed by atoms with Crippen LogP contribution in [0.3, 0.4) is 0 Å². The molecule has 5 heteroatoms. The fourth-order valence-corrected chi connectivity index (χ4v) is 11.4. The fraction of sp³-hybridized carbons (Fsp3) is 0.448. The first-order valence-electron chi connectivity index (χ1n) is 12.3. The summed E-state index contributed by atoms with van der Waals surface area (Å²) < 4.78 is 12.0. The third-order valence-electron chi connectivity index (χ3n) is 6.28. The molecule has 0 N–H and O–H groups in total. The summed E-state index contributed by atoms with van der Waals surface area (Å²) >= 11 is 7.23. The molecule has 0 spiro atoms. The first-order chi connectivity index (χ1) is 16.1. The SMILES string of the molecule is CC(C)(C)[Si](/C(C#C[Si](C)(C)C)=C(/Cl)COC1CCCCO1)(c1ccccc1)c1ccccc1. The Morgan fingerprint density at radius 3 is 1.97 bits per heavy atom. The molecule has 2 nitrogen and oxygen atoms in total. The van der Waals surface area contributed by atoms with Crippen LogP contribution >= 0.6 is 11.6 Å². The molecule has 1 aliphatic heterocycles. The van der Waals surface area contributed by atoms with Crippen LogP contribution in [0, 0.1) is 11.5 Å². The van der Waals surface area contributed by atoms with Crippen molar-refractivity contribution >= 4 is 38.1 Å². The molecule has 1 aliphatic rings. The van der Waals surface area contributed by atoms with E-state index in [1.807, 2.05) is 0 Å². The van der Waals surface area contributed by atoms with Gasteiger partial charge in [-0.05, 0) is 34.7 Å². The second-order valence-electron chi connectivity index (χ2n) is 11.1. The van der Waals surface area contributed by atoms with Gasteiger partial charge in [-0.2, -0.15) is 0 Å². The molecule has 1 atom stereocenters. The zero-order chi connectivity index (χ0) is 24.8. The Morgan fingerprint density at radius 2 is 1.53 bits per heavy atom. The van der Waals surface area contributed by atoms with Gasteiger partial charge in [-0.15, -0.1) is 5.54 Å². The van der Waals surface area contributed by atoms with Gasteiger partial charge in [0.15, 0.2) is 14.4 Å². The third-order valence-corrected chi connectivity index (χ3v) is 13.4. The Hall–Kier alpha value is -1.62. The van der Waals surface area contributed by atoms with Gasteiger partial charge in [-0.1, -0.05) is 119 Å². The van der Waals surface area contributed by atoms with Gasteiger partial charge in [0.05, 0.1) is 11.6 Å². The molecule has 182 valence electrons. The van der Waals surface area contributed by atoms with Crippen molar-refractivity contribution in [2.24, 2.45) is 0 Å². The smallest absolute Gasteiger partial charge is 0.165 e. The lowest BCUT2D eigenvalue weighted by molar-refractivity contribution is -0.156. The Morgan fingerprint density at radius 1 is 0.971 bits per heavy atom. The molecule has 2 aromatic rings. The normalized spacial score (nSPS) is 18.0. The van der Waals surface area contributed by atoms with Crippen molar-refractivity contribution in [2.75, 3.05) is 13.2 Å². The van der Waals surface area contributed by atoms with E-state index in [0.29, 0.717) is 11.6 Å². The Labute approximate surface area is 213 Å². The molecule has 1 heterocycles. The van der Waals surface area contributed by atoms with Crippen LogP contribution in [0.5, 0.6) is 0 Å². The third kappa shape index (κ3) is 6.33. The lowest BCUT2D eigenvalue weighted by atomic mass is 10.2. The molecule has 0 aliphatic carbocycles. The summed E-state index contributed by atoms with van der Waals surface area (Å²) in [5.74, 6) is 3.69. The van der Waals surface area contributed by atoms with Crippen LogP contribution in [0.25, 0.3) is 0 Å². The Bertz CT molecular complexity index is 980. The summed E-state index contributed by atoms with van der Waals surface area (Å²) in [7, 11) is -4.31. The molecular formula is C29H39ClO2Si2. The maximum Gasteiger partial charge on any atom is 0.165 e. The van der Waals surface area contributed by atoms with E-state index in [1.165, 1.54) is 10.4 Å². The first-order valence-corrected chi connectivity index (χ1v) is 18.2. The number of benzene rings is 2. The minimum atomic E-state index is -2.65. The van der Waals surface area contributed by atoms with Gasteiger partial charge in [-0.25, -0.2) is 0 Å². The minimum Gasteiger partial charge on any atom is -0.353 e. The van der Waals surface area contributed by atoms with Crippen LogP contribution in [0.15, 0.2) is 70.9 Å². The fourth-order valence-electron chi connectivity index (χ4n) is 4.77. The lowest BCUT2D eigenvalue weighted by Gasteiger charge is -2.45. The van der Waals surface area contributed by atoms with Crippen molar-refractivity contribution in [3.05, 3.63) is 70.9 Å². The molecule has 0 bridgehead atoms. The number of hydrogen-bond donors (Lipinski definition) is 0. The second-order valence-corrected chi connectivity index (χ2v) is 21.0. The molecule has 0 saturated carbocycles. The number of ether oxygens (including phenoxy) is 2. The van der Waals surface area contributed by atoms with Crippen LogP contribution in [0.1, 0.15) is 40.0 Å². The molecule has 34 heavy (non-hydrogen) atoms. The molecule has 3 rings (SSSR count). The molecule has 1 saturated heterocycles. The van der Waals surface area contributed by atoms with Crippen LogP contribution in [-0.4, -0.2) is 35.7 Å². The predicted octanol–water partition coefficient (Wildman–Crippen LogP) is 6.51. The number of hydrogen-bond acceptors (Lipinski definition) is 2. The largest absolute Gasteiger partial charge is 0.353 e. The van der Waals surface area contributed by atoms with Crippen LogP contribution in [0.4, 0.5) is 0 Å². The van der Waals surface area contributed by atoms with Crippen molar-refractivity contribution in [1.82, 2.24) is 0 Å². The molecule has 0 radical (unpaired) electrons. The van der Waals surface area contributed by atoms with Crippen LogP contribution < -0.4 is 10.4 Å². The van der Waals surface area contributed by atoms with E-state index in [-0.39, 0.29) is 11.3 Å². The van der Waals surface area contributed by atoms with Gasteiger partial charge >= 0.3 is 0 Å². The van der Waals surface area contributed by atoms with Crippen molar-refractivity contribution in [3.8, 4) is 11.5 Å².